The Morgan fingerprint density at radius 1 is 1.47 bits per heavy atom. The van der Waals surface area contributed by atoms with Crippen molar-refractivity contribution in [3.05, 3.63) is 40.3 Å². The first-order chi connectivity index (χ1) is 8.26. The second kappa shape index (κ2) is 4.82. The van der Waals surface area contributed by atoms with Crippen LogP contribution in [0, 0.1) is 0 Å². The maximum atomic E-state index is 11.8. The molecular weight excluding hydrogens is 218 g/mol. The number of aromatic nitrogens is 1. The predicted molar refractivity (Wildman–Crippen MR) is 66.2 cm³/mol. The fourth-order valence-corrected chi connectivity index (χ4v) is 1.63. The van der Waals surface area contributed by atoms with Gasteiger partial charge >= 0.3 is 11.7 Å². The summed E-state index contributed by atoms with van der Waals surface area (Å²) in [5.74, 6) is 0. The molecule has 1 aromatic carbocycles. The second-order valence-corrected chi connectivity index (χ2v) is 3.44. The van der Waals surface area contributed by atoms with Gasteiger partial charge in [0.1, 0.15) is 0 Å². The quantitative estimate of drug-likeness (QED) is 0.814. The molecule has 17 heavy (non-hydrogen) atoms. The molecule has 0 amide bonds. The Labute approximate surface area is 98.5 Å². The van der Waals surface area contributed by atoms with Crippen LogP contribution >= 0.6 is 0 Å². The van der Waals surface area contributed by atoms with Gasteiger partial charge in [0.05, 0.1) is 17.5 Å². The molecule has 0 radical (unpaired) electrons. The summed E-state index contributed by atoms with van der Waals surface area (Å²) in [6, 6.07) is 5.46. The van der Waals surface area contributed by atoms with E-state index in [2.05, 4.69) is 4.98 Å². The van der Waals surface area contributed by atoms with E-state index in [-0.39, 0.29) is 6.08 Å². The lowest BCUT2D eigenvalue weighted by atomic mass is 10.1. The van der Waals surface area contributed by atoms with Gasteiger partial charge in [0.2, 0.25) is 0 Å². The van der Waals surface area contributed by atoms with Crippen molar-refractivity contribution in [1.82, 2.24) is 4.98 Å². The Bertz CT molecular complexity index is 614. The van der Waals surface area contributed by atoms with Crippen LogP contribution in [0.3, 0.4) is 0 Å². The molecule has 1 heterocycles. The second-order valence-electron chi connectivity index (χ2n) is 3.44. The van der Waals surface area contributed by atoms with Crippen LogP contribution in [-0.2, 0) is 0 Å². The van der Waals surface area contributed by atoms with Crippen molar-refractivity contribution in [1.29, 1.82) is 0 Å². The minimum absolute atomic E-state index is 0.0163. The van der Waals surface area contributed by atoms with Gasteiger partial charge in [-0.3, -0.25) is 0 Å². The van der Waals surface area contributed by atoms with Crippen LogP contribution in [0.2, 0.25) is 0 Å². The number of ether oxygens (including phenoxy) is 1. The fraction of sp³-hybridized carbons (Fsp3) is 0.231. The summed E-state index contributed by atoms with van der Waals surface area (Å²) in [4.78, 5) is 16.0. The average molecular weight is 231 g/mol. The maximum Gasteiger partial charge on any atom is 0.397 e. The first kappa shape index (κ1) is 11.4. The number of fused-ring (bicyclic) bond motifs is 1. The molecule has 2 rings (SSSR count). The zero-order valence-electron chi connectivity index (χ0n) is 9.77. The molecule has 0 saturated heterocycles. The third-order valence-electron chi connectivity index (χ3n) is 2.28. The van der Waals surface area contributed by atoms with Gasteiger partial charge in [-0.05, 0) is 25.5 Å². The van der Waals surface area contributed by atoms with Gasteiger partial charge in [-0.15, -0.1) is 0 Å². The van der Waals surface area contributed by atoms with E-state index in [1.807, 2.05) is 38.1 Å². The zero-order valence-corrected chi connectivity index (χ0v) is 9.77. The molecule has 0 fully saturated rings. The number of hydrogen-bond donors (Lipinski definition) is 0. The van der Waals surface area contributed by atoms with E-state index in [1.54, 1.807) is 6.07 Å². The highest BCUT2D eigenvalue weighted by Gasteiger charge is 2.09. The monoisotopic (exact) mass is 231 g/mol. The smallest absolute Gasteiger partial charge is 0.397 e. The number of rotatable bonds is 3. The molecule has 0 atom stereocenters. The van der Waals surface area contributed by atoms with E-state index >= 15 is 0 Å². The Morgan fingerprint density at radius 3 is 3.00 bits per heavy atom. The lowest BCUT2D eigenvalue weighted by molar-refractivity contribution is 0.229. The third kappa shape index (κ3) is 2.20. The van der Waals surface area contributed by atoms with Crippen molar-refractivity contribution in [3.63, 3.8) is 0 Å². The Morgan fingerprint density at radius 2 is 2.29 bits per heavy atom. The van der Waals surface area contributed by atoms with Crippen LogP contribution in [0.4, 0.5) is 0 Å². The van der Waals surface area contributed by atoms with Crippen molar-refractivity contribution in [2.45, 2.75) is 13.8 Å². The van der Waals surface area contributed by atoms with Gasteiger partial charge in [0.25, 0.3) is 0 Å². The molecule has 0 bridgehead atoms. The highest BCUT2D eigenvalue weighted by molar-refractivity contribution is 5.86. The first-order valence-corrected chi connectivity index (χ1v) is 5.45. The number of benzene rings is 1. The Hall–Kier alpha value is -2.10. The summed E-state index contributed by atoms with van der Waals surface area (Å²) in [5.41, 5.74) is 0.960. The lowest BCUT2D eigenvalue weighted by Crippen LogP contribution is -2.06. The molecule has 4 nitrogen and oxygen atoms in total. The SMILES string of the molecule is C/C=C/c1cccc2nc(OCC)oc(=O)c12. The molecule has 88 valence electrons. The number of allylic oxidation sites excluding steroid dienone is 1. The summed E-state index contributed by atoms with van der Waals surface area (Å²) in [6.07, 6.45) is 3.73. The number of nitrogens with zero attached hydrogens (tertiary/aromatic N) is 1. The van der Waals surface area contributed by atoms with Crippen LogP contribution in [0.25, 0.3) is 17.0 Å². The van der Waals surface area contributed by atoms with Crippen molar-refractivity contribution in [2.24, 2.45) is 0 Å². The fourth-order valence-electron chi connectivity index (χ4n) is 1.63. The first-order valence-electron chi connectivity index (χ1n) is 5.45. The summed E-state index contributed by atoms with van der Waals surface area (Å²) < 4.78 is 10.1. The molecule has 0 unspecified atom stereocenters. The molecule has 0 spiro atoms. The average Bonchev–Trinajstić information content (AvgIpc) is 2.29. The molecule has 1 aromatic heterocycles. The van der Waals surface area contributed by atoms with E-state index in [0.29, 0.717) is 17.5 Å². The normalized spacial score (nSPS) is 11.2. The van der Waals surface area contributed by atoms with Crippen molar-refractivity contribution in [3.8, 4) is 6.08 Å². The van der Waals surface area contributed by atoms with E-state index < -0.39 is 5.63 Å². The van der Waals surface area contributed by atoms with Gasteiger partial charge in [-0.25, -0.2) is 4.79 Å². The highest BCUT2D eigenvalue weighted by Crippen LogP contribution is 2.17. The molecule has 0 saturated carbocycles. The van der Waals surface area contributed by atoms with E-state index in [4.69, 9.17) is 9.15 Å². The van der Waals surface area contributed by atoms with Crippen molar-refractivity contribution >= 4 is 17.0 Å². The Kier molecular flexibility index (Phi) is 3.23. The van der Waals surface area contributed by atoms with Crippen molar-refractivity contribution in [2.75, 3.05) is 6.61 Å². The Balaban J connectivity index is 2.71. The minimum atomic E-state index is -0.424. The van der Waals surface area contributed by atoms with Crippen LogP contribution in [0.1, 0.15) is 19.4 Å². The molecule has 2 aromatic rings. The minimum Gasteiger partial charge on any atom is -0.450 e. The van der Waals surface area contributed by atoms with E-state index in [9.17, 15) is 4.79 Å². The van der Waals surface area contributed by atoms with Crippen LogP contribution < -0.4 is 10.4 Å². The molecule has 0 N–H and O–H groups in total. The highest BCUT2D eigenvalue weighted by atomic mass is 16.6. The van der Waals surface area contributed by atoms with Crippen LogP contribution in [-0.4, -0.2) is 11.6 Å². The maximum absolute atomic E-state index is 11.8. The number of hydrogen-bond acceptors (Lipinski definition) is 4. The summed E-state index contributed by atoms with van der Waals surface area (Å²) >= 11 is 0. The summed E-state index contributed by atoms with van der Waals surface area (Å²) in [5, 5.41) is 0.481. The molecular formula is C13H13NO3. The van der Waals surface area contributed by atoms with Crippen LogP contribution in [0.5, 0.6) is 6.08 Å². The van der Waals surface area contributed by atoms with Gasteiger partial charge in [0, 0.05) is 0 Å². The third-order valence-corrected chi connectivity index (χ3v) is 2.28. The lowest BCUT2D eigenvalue weighted by Gasteiger charge is -2.03. The summed E-state index contributed by atoms with van der Waals surface area (Å²) in [7, 11) is 0. The zero-order chi connectivity index (χ0) is 12.3. The molecule has 0 aliphatic rings. The molecule has 0 aliphatic carbocycles. The molecule has 4 heteroatoms. The van der Waals surface area contributed by atoms with Gasteiger partial charge in [0.15, 0.2) is 0 Å². The van der Waals surface area contributed by atoms with E-state index in [1.165, 1.54) is 0 Å². The topological polar surface area (TPSA) is 52.3 Å². The summed E-state index contributed by atoms with van der Waals surface area (Å²) in [6.45, 7) is 4.11. The van der Waals surface area contributed by atoms with Crippen LogP contribution in [0.15, 0.2) is 33.5 Å². The van der Waals surface area contributed by atoms with Gasteiger partial charge in [-0.2, -0.15) is 4.98 Å². The van der Waals surface area contributed by atoms with Crippen molar-refractivity contribution < 1.29 is 9.15 Å². The largest absolute Gasteiger partial charge is 0.450 e. The predicted octanol–water partition coefficient (Wildman–Crippen LogP) is 2.62. The standard InChI is InChI=1S/C13H13NO3/c1-3-6-9-7-5-8-10-11(9)12(15)17-13(14-10)16-4-2/h3,5-8H,4H2,1-2H3/b6-3+. The van der Waals surface area contributed by atoms with Gasteiger partial charge < -0.3 is 9.15 Å². The van der Waals surface area contributed by atoms with E-state index in [0.717, 1.165) is 5.56 Å². The van der Waals surface area contributed by atoms with Gasteiger partial charge in [-0.1, -0.05) is 24.3 Å². The molecule has 0 aliphatic heterocycles.